The summed E-state index contributed by atoms with van der Waals surface area (Å²) in [6.07, 6.45) is -0.0419. The SMILES string of the molecule is Cc1ccccc1-c1cc(CC(=O)O)nn1C. The van der Waals surface area contributed by atoms with Crippen molar-refractivity contribution in [3.63, 3.8) is 0 Å². The molecule has 0 aliphatic heterocycles. The molecular formula is C13H14N2O2. The van der Waals surface area contributed by atoms with Crippen LogP contribution in [0.2, 0.25) is 0 Å². The van der Waals surface area contributed by atoms with E-state index in [1.54, 1.807) is 4.68 Å². The number of aliphatic carboxylic acids is 1. The van der Waals surface area contributed by atoms with Crippen molar-refractivity contribution in [2.24, 2.45) is 7.05 Å². The molecule has 0 aliphatic carbocycles. The van der Waals surface area contributed by atoms with Crippen LogP contribution in [0, 0.1) is 6.92 Å². The van der Waals surface area contributed by atoms with Gasteiger partial charge in [-0.2, -0.15) is 5.10 Å². The highest BCUT2D eigenvalue weighted by molar-refractivity contribution is 5.71. The van der Waals surface area contributed by atoms with E-state index in [0.717, 1.165) is 16.8 Å². The molecule has 0 aliphatic rings. The summed E-state index contributed by atoms with van der Waals surface area (Å²) < 4.78 is 1.72. The molecule has 0 radical (unpaired) electrons. The van der Waals surface area contributed by atoms with Gasteiger partial charge in [-0.3, -0.25) is 9.48 Å². The standard InChI is InChI=1S/C13H14N2O2/c1-9-5-3-4-6-11(9)12-7-10(8-13(16)17)14-15(12)2/h3-7H,8H2,1-2H3,(H,16,17). The molecule has 0 spiro atoms. The number of hydrogen-bond donors (Lipinski definition) is 1. The fourth-order valence-corrected chi connectivity index (χ4v) is 1.88. The lowest BCUT2D eigenvalue weighted by Crippen LogP contribution is -2.01. The monoisotopic (exact) mass is 230 g/mol. The molecule has 0 saturated carbocycles. The molecule has 1 aromatic heterocycles. The van der Waals surface area contributed by atoms with Gasteiger partial charge >= 0.3 is 5.97 Å². The molecule has 0 amide bonds. The Hall–Kier alpha value is -2.10. The third-order valence-electron chi connectivity index (χ3n) is 2.68. The summed E-state index contributed by atoms with van der Waals surface area (Å²) in [5.41, 5.74) is 3.76. The Balaban J connectivity index is 2.43. The maximum atomic E-state index is 10.6. The smallest absolute Gasteiger partial charge is 0.309 e. The van der Waals surface area contributed by atoms with E-state index < -0.39 is 5.97 Å². The van der Waals surface area contributed by atoms with Gasteiger partial charge in [0.2, 0.25) is 0 Å². The molecule has 1 N–H and O–H groups in total. The fraction of sp³-hybridized carbons (Fsp3) is 0.231. The Labute approximate surface area is 99.5 Å². The van der Waals surface area contributed by atoms with E-state index in [0.29, 0.717) is 5.69 Å². The van der Waals surface area contributed by atoms with Crippen LogP contribution in [0.25, 0.3) is 11.3 Å². The average Bonchev–Trinajstić information content (AvgIpc) is 2.59. The van der Waals surface area contributed by atoms with Crippen LogP contribution in [-0.4, -0.2) is 20.9 Å². The van der Waals surface area contributed by atoms with Crippen molar-refractivity contribution in [2.75, 3.05) is 0 Å². The van der Waals surface area contributed by atoms with Gasteiger partial charge in [-0.05, 0) is 18.6 Å². The van der Waals surface area contributed by atoms with Gasteiger partial charge in [-0.1, -0.05) is 24.3 Å². The van der Waals surface area contributed by atoms with Crippen LogP contribution in [0.1, 0.15) is 11.3 Å². The second-order valence-electron chi connectivity index (χ2n) is 4.03. The third-order valence-corrected chi connectivity index (χ3v) is 2.68. The Morgan fingerprint density at radius 2 is 2.12 bits per heavy atom. The molecule has 0 atom stereocenters. The van der Waals surface area contributed by atoms with Crippen LogP contribution in [-0.2, 0) is 18.3 Å². The summed E-state index contributed by atoms with van der Waals surface area (Å²) in [4.78, 5) is 10.6. The Bertz CT molecular complexity index is 558. The number of aromatic nitrogens is 2. The van der Waals surface area contributed by atoms with Crippen LogP contribution in [0.4, 0.5) is 0 Å². The van der Waals surface area contributed by atoms with Crippen molar-refractivity contribution in [2.45, 2.75) is 13.3 Å². The van der Waals surface area contributed by atoms with Crippen molar-refractivity contribution in [1.29, 1.82) is 0 Å². The predicted molar refractivity (Wildman–Crippen MR) is 64.7 cm³/mol. The number of nitrogens with zero attached hydrogens (tertiary/aromatic N) is 2. The topological polar surface area (TPSA) is 55.1 Å². The lowest BCUT2D eigenvalue weighted by Gasteiger charge is -2.04. The highest BCUT2D eigenvalue weighted by Crippen LogP contribution is 2.23. The first-order valence-electron chi connectivity index (χ1n) is 5.38. The van der Waals surface area contributed by atoms with Gasteiger partial charge in [0.15, 0.2) is 0 Å². The van der Waals surface area contributed by atoms with E-state index in [1.807, 2.05) is 44.3 Å². The third kappa shape index (κ3) is 2.36. The summed E-state index contributed by atoms with van der Waals surface area (Å²) in [6.45, 7) is 2.03. The maximum Gasteiger partial charge on any atom is 0.309 e. The zero-order chi connectivity index (χ0) is 12.4. The van der Waals surface area contributed by atoms with E-state index in [2.05, 4.69) is 5.10 Å². The largest absolute Gasteiger partial charge is 0.481 e. The molecule has 0 unspecified atom stereocenters. The van der Waals surface area contributed by atoms with E-state index in [9.17, 15) is 4.79 Å². The van der Waals surface area contributed by atoms with Gasteiger partial charge in [-0.15, -0.1) is 0 Å². The molecule has 1 heterocycles. The van der Waals surface area contributed by atoms with E-state index in [4.69, 9.17) is 5.11 Å². The number of rotatable bonds is 3. The van der Waals surface area contributed by atoms with Crippen LogP contribution in [0.3, 0.4) is 0 Å². The molecule has 0 saturated heterocycles. The first-order valence-corrected chi connectivity index (χ1v) is 5.38. The summed E-state index contributed by atoms with van der Waals surface area (Å²) >= 11 is 0. The number of carbonyl (C=O) groups is 1. The molecule has 2 aromatic rings. The van der Waals surface area contributed by atoms with Crippen LogP contribution in [0.15, 0.2) is 30.3 Å². The Kier molecular flexibility index (Phi) is 2.95. The second kappa shape index (κ2) is 4.41. The molecule has 2 rings (SSSR count). The van der Waals surface area contributed by atoms with Crippen molar-refractivity contribution in [3.05, 3.63) is 41.6 Å². The van der Waals surface area contributed by atoms with Crippen molar-refractivity contribution in [1.82, 2.24) is 9.78 Å². The highest BCUT2D eigenvalue weighted by Gasteiger charge is 2.11. The van der Waals surface area contributed by atoms with Crippen molar-refractivity contribution >= 4 is 5.97 Å². The van der Waals surface area contributed by atoms with Crippen molar-refractivity contribution < 1.29 is 9.90 Å². The lowest BCUT2D eigenvalue weighted by atomic mass is 10.1. The van der Waals surface area contributed by atoms with E-state index >= 15 is 0 Å². The minimum Gasteiger partial charge on any atom is -0.481 e. The second-order valence-corrected chi connectivity index (χ2v) is 4.03. The molecule has 1 aromatic carbocycles. The summed E-state index contributed by atoms with van der Waals surface area (Å²) in [6, 6.07) is 9.81. The fourth-order valence-electron chi connectivity index (χ4n) is 1.88. The molecular weight excluding hydrogens is 216 g/mol. The van der Waals surface area contributed by atoms with Gasteiger partial charge in [0.05, 0.1) is 17.8 Å². The zero-order valence-electron chi connectivity index (χ0n) is 9.84. The summed E-state index contributed by atoms with van der Waals surface area (Å²) in [5.74, 6) is -0.862. The minimum atomic E-state index is -0.862. The molecule has 0 fully saturated rings. The first kappa shape index (κ1) is 11.4. The molecule has 0 bridgehead atoms. The Morgan fingerprint density at radius 1 is 1.41 bits per heavy atom. The van der Waals surface area contributed by atoms with Gasteiger partial charge in [0.25, 0.3) is 0 Å². The normalized spacial score (nSPS) is 10.5. The van der Waals surface area contributed by atoms with Gasteiger partial charge in [0.1, 0.15) is 0 Å². The van der Waals surface area contributed by atoms with Gasteiger partial charge in [0, 0.05) is 12.6 Å². The molecule has 4 heteroatoms. The highest BCUT2D eigenvalue weighted by atomic mass is 16.4. The van der Waals surface area contributed by atoms with Crippen LogP contribution in [0.5, 0.6) is 0 Å². The minimum absolute atomic E-state index is 0.0419. The summed E-state index contributed by atoms with van der Waals surface area (Å²) in [7, 11) is 1.83. The number of aryl methyl sites for hydroxylation is 2. The average molecular weight is 230 g/mol. The van der Waals surface area contributed by atoms with E-state index in [1.165, 1.54) is 0 Å². The summed E-state index contributed by atoms with van der Waals surface area (Å²) in [5, 5.41) is 12.9. The van der Waals surface area contributed by atoms with Gasteiger partial charge < -0.3 is 5.11 Å². The van der Waals surface area contributed by atoms with E-state index in [-0.39, 0.29) is 6.42 Å². The number of carboxylic acids is 1. The lowest BCUT2D eigenvalue weighted by molar-refractivity contribution is -0.136. The number of hydrogen-bond acceptors (Lipinski definition) is 2. The molecule has 88 valence electrons. The maximum absolute atomic E-state index is 10.6. The quantitative estimate of drug-likeness (QED) is 0.877. The Morgan fingerprint density at radius 3 is 2.76 bits per heavy atom. The van der Waals surface area contributed by atoms with Gasteiger partial charge in [-0.25, -0.2) is 0 Å². The van der Waals surface area contributed by atoms with Crippen LogP contribution < -0.4 is 0 Å². The number of benzene rings is 1. The zero-order valence-corrected chi connectivity index (χ0v) is 9.84. The molecule has 17 heavy (non-hydrogen) atoms. The first-order chi connectivity index (χ1) is 8.08. The van der Waals surface area contributed by atoms with Crippen LogP contribution >= 0.6 is 0 Å². The molecule has 4 nitrogen and oxygen atoms in total. The predicted octanol–water partition coefficient (Wildman–Crippen LogP) is 2.02. The van der Waals surface area contributed by atoms with Crippen molar-refractivity contribution in [3.8, 4) is 11.3 Å². The number of carboxylic acid groups (broad SMARTS) is 1.